The first kappa shape index (κ1) is 6.62. The second-order valence-electron chi connectivity index (χ2n) is 1.54. The van der Waals surface area contributed by atoms with Gasteiger partial charge in [0, 0.05) is 0 Å². The molecule has 4 heteroatoms. The molecule has 0 spiro atoms. The topological polar surface area (TPSA) is 18.5 Å². The van der Waals surface area contributed by atoms with Crippen molar-refractivity contribution in [2.45, 2.75) is 4.52 Å². The van der Waals surface area contributed by atoms with E-state index in [9.17, 15) is 0 Å². The van der Waals surface area contributed by atoms with Crippen LogP contribution >= 0.6 is 23.2 Å². The van der Waals surface area contributed by atoms with Gasteiger partial charge in [0.25, 0.3) is 0 Å². The van der Waals surface area contributed by atoms with Crippen LogP contribution < -0.4 is 0 Å². The first-order chi connectivity index (χ1) is 3.71. The van der Waals surface area contributed by atoms with Gasteiger partial charge in [-0.1, -0.05) is 23.2 Å². The molecule has 1 rings (SSSR count). The average molecular weight is 157 g/mol. The maximum Gasteiger partial charge on any atom is 0.241 e. The van der Waals surface area contributed by atoms with Crippen LogP contribution in [-0.4, -0.2) is 24.3 Å². The molecular formula is C4H6Cl2O2. The first-order valence-electron chi connectivity index (χ1n) is 2.30. The Morgan fingerprint density at radius 1 is 1.25 bits per heavy atom. The molecule has 8 heavy (non-hydrogen) atoms. The third kappa shape index (κ3) is 1.78. The summed E-state index contributed by atoms with van der Waals surface area (Å²) in [6, 6.07) is 0. The van der Waals surface area contributed by atoms with Gasteiger partial charge in [-0.3, -0.25) is 0 Å². The Labute approximate surface area is 57.7 Å². The van der Waals surface area contributed by atoms with Crippen molar-refractivity contribution in [2.75, 3.05) is 19.8 Å². The molecule has 1 heterocycles. The van der Waals surface area contributed by atoms with Gasteiger partial charge < -0.3 is 9.47 Å². The Morgan fingerprint density at radius 2 is 2.00 bits per heavy atom. The molecule has 0 aromatic rings. The lowest BCUT2D eigenvalue weighted by molar-refractivity contribution is -0.0732. The van der Waals surface area contributed by atoms with Gasteiger partial charge in [0.2, 0.25) is 4.52 Å². The molecule has 0 saturated carbocycles. The zero-order chi connectivity index (χ0) is 6.04. The molecule has 0 bridgehead atoms. The normalized spacial score (nSPS) is 27.8. The van der Waals surface area contributed by atoms with Gasteiger partial charge in [-0.15, -0.1) is 0 Å². The monoisotopic (exact) mass is 156 g/mol. The Morgan fingerprint density at radius 3 is 2.25 bits per heavy atom. The van der Waals surface area contributed by atoms with Crippen LogP contribution in [0.1, 0.15) is 0 Å². The average Bonchev–Trinajstić information content (AvgIpc) is 1.65. The summed E-state index contributed by atoms with van der Waals surface area (Å²) in [5.74, 6) is 0. The zero-order valence-electron chi connectivity index (χ0n) is 4.19. The van der Waals surface area contributed by atoms with Crippen LogP contribution in [0.15, 0.2) is 0 Å². The van der Waals surface area contributed by atoms with Crippen LogP contribution in [0.5, 0.6) is 0 Å². The predicted octanol–water partition coefficient (Wildman–Crippen LogP) is 1.16. The molecule has 0 aromatic heterocycles. The van der Waals surface area contributed by atoms with E-state index in [4.69, 9.17) is 32.7 Å². The van der Waals surface area contributed by atoms with Gasteiger partial charge in [-0.2, -0.15) is 0 Å². The van der Waals surface area contributed by atoms with Crippen LogP contribution in [0.25, 0.3) is 0 Å². The summed E-state index contributed by atoms with van der Waals surface area (Å²) in [4.78, 5) is 0. The van der Waals surface area contributed by atoms with Gasteiger partial charge in [-0.05, 0) is 0 Å². The van der Waals surface area contributed by atoms with Crippen molar-refractivity contribution in [3.8, 4) is 0 Å². The lowest BCUT2D eigenvalue weighted by Gasteiger charge is -2.24. The highest BCUT2D eigenvalue weighted by Gasteiger charge is 2.27. The summed E-state index contributed by atoms with van der Waals surface area (Å²) >= 11 is 11.0. The van der Waals surface area contributed by atoms with E-state index in [-0.39, 0.29) is 6.61 Å². The fraction of sp³-hybridized carbons (Fsp3) is 1.00. The maximum atomic E-state index is 5.49. The second-order valence-corrected chi connectivity index (χ2v) is 2.95. The van der Waals surface area contributed by atoms with Crippen molar-refractivity contribution < 1.29 is 9.47 Å². The third-order valence-electron chi connectivity index (χ3n) is 0.811. The highest BCUT2D eigenvalue weighted by atomic mass is 35.5. The minimum absolute atomic E-state index is 0.260. The van der Waals surface area contributed by atoms with Crippen molar-refractivity contribution in [3.63, 3.8) is 0 Å². The first-order valence-corrected chi connectivity index (χ1v) is 3.06. The molecule has 1 aliphatic heterocycles. The molecule has 0 aromatic carbocycles. The molecule has 48 valence electrons. The molecule has 1 fully saturated rings. The van der Waals surface area contributed by atoms with E-state index in [1.54, 1.807) is 0 Å². The molecule has 2 nitrogen and oxygen atoms in total. The molecule has 0 aliphatic carbocycles. The van der Waals surface area contributed by atoms with Crippen molar-refractivity contribution in [1.29, 1.82) is 0 Å². The fourth-order valence-electron chi connectivity index (χ4n) is 0.483. The van der Waals surface area contributed by atoms with Crippen molar-refractivity contribution in [1.82, 2.24) is 0 Å². The minimum atomic E-state index is -1.10. The van der Waals surface area contributed by atoms with Crippen LogP contribution in [-0.2, 0) is 9.47 Å². The van der Waals surface area contributed by atoms with Gasteiger partial charge in [0.15, 0.2) is 0 Å². The Bertz CT molecular complexity index is 76.1. The summed E-state index contributed by atoms with van der Waals surface area (Å²) in [5, 5.41) is 0. The van der Waals surface area contributed by atoms with Crippen LogP contribution in [0.2, 0.25) is 0 Å². The zero-order valence-corrected chi connectivity index (χ0v) is 5.71. The van der Waals surface area contributed by atoms with E-state index in [1.807, 2.05) is 0 Å². The third-order valence-corrected chi connectivity index (χ3v) is 1.25. The van der Waals surface area contributed by atoms with Crippen molar-refractivity contribution in [2.24, 2.45) is 0 Å². The number of hydrogen-bond donors (Lipinski definition) is 0. The van der Waals surface area contributed by atoms with Gasteiger partial charge in [-0.25, -0.2) is 0 Å². The standard InChI is InChI=1S/C4H6Cl2O2/c5-4(6)3-7-1-2-8-4/h1-3H2. The molecule has 0 amide bonds. The van der Waals surface area contributed by atoms with E-state index in [2.05, 4.69) is 0 Å². The molecule has 1 saturated heterocycles. The Balaban J connectivity index is 2.33. The van der Waals surface area contributed by atoms with Gasteiger partial charge >= 0.3 is 0 Å². The van der Waals surface area contributed by atoms with Crippen LogP contribution in [0, 0.1) is 0 Å². The molecular weight excluding hydrogens is 151 g/mol. The summed E-state index contributed by atoms with van der Waals surface area (Å²) < 4.78 is 8.67. The molecule has 0 radical (unpaired) electrons. The summed E-state index contributed by atoms with van der Waals surface area (Å²) in [6.45, 7) is 1.32. The predicted molar refractivity (Wildman–Crippen MR) is 31.2 cm³/mol. The second kappa shape index (κ2) is 2.40. The largest absolute Gasteiger partial charge is 0.373 e. The Hall–Kier alpha value is 0.500. The highest BCUT2D eigenvalue weighted by molar-refractivity contribution is 6.47. The maximum absolute atomic E-state index is 5.49. The quantitative estimate of drug-likeness (QED) is 0.491. The van der Waals surface area contributed by atoms with Gasteiger partial charge in [0.05, 0.1) is 13.2 Å². The van der Waals surface area contributed by atoms with Crippen LogP contribution in [0.4, 0.5) is 0 Å². The van der Waals surface area contributed by atoms with Crippen molar-refractivity contribution in [3.05, 3.63) is 0 Å². The molecule has 0 atom stereocenters. The molecule has 1 aliphatic rings. The van der Waals surface area contributed by atoms with E-state index < -0.39 is 4.52 Å². The summed E-state index contributed by atoms with van der Waals surface area (Å²) in [7, 11) is 0. The number of ether oxygens (including phenoxy) is 2. The van der Waals surface area contributed by atoms with Crippen LogP contribution in [0.3, 0.4) is 0 Å². The number of halogens is 2. The fourth-order valence-corrected chi connectivity index (χ4v) is 0.791. The van der Waals surface area contributed by atoms with E-state index in [1.165, 1.54) is 0 Å². The Kier molecular flexibility index (Phi) is 1.98. The van der Waals surface area contributed by atoms with E-state index >= 15 is 0 Å². The smallest absolute Gasteiger partial charge is 0.241 e. The molecule has 0 N–H and O–H groups in total. The number of hydrogen-bond acceptors (Lipinski definition) is 2. The summed E-state index contributed by atoms with van der Waals surface area (Å²) in [6.07, 6.45) is 0. The lowest BCUT2D eigenvalue weighted by atomic mass is 10.6. The number of alkyl halides is 2. The lowest BCUT2D eigenvalue weighted by Crippen LogP contribution is -2.32. The van der Waals surface area contributed by atoms with Crippen molar-refractivity contribution >= 4 is 23.2 Å². The van der Waals surface area contributed by atoms with E-state index in [0.29, 0.717) is 13.2 Å². The summed E-state index contributed by atoms with van der Waals surface area (Å²) in [5.41, 5.74) is 0. The molecule has 0 unspecified atom stereocenters. The van der Waals surface area contributed by atoms with E-state index in [0.717, 1.165) is 0 Å². The number of rotatable bonds is 0. The minimum Gasteiger partial charge on any atom is -0.373 e. The van der Waals surface area contributed by atoms with Gasteiger partial charge in [0.1, 0.15) is 6.61 Å². The highest BCUT2D eigenvalue weighted by Crippen LogP contribution is 2.24. The SMILES string of the molecule is ClC1(Cl)COCCO1.